The summed E-state index contributed by atoms with van der Waals surface area (Å²) in [6.45, 7) is 1.96. The SMILES string of the molecule is Cc1ccc(Cc2ncnc(C(=O)O)c2F)cc1. The van der Waals surface area contributed by atoms with E-state index in [4.69, 9.17) is 5.11 Å². The van der Waals surface area contributed by atoms with Crippen LogP contribution < -0.4 is 0 Å². The fourth-order valence-electron chi connectivity index (χ4n) is 1.58. The van der Waals surface area contributed by atoms with Crippen molar-refractivity contribution >= 4 is 5.97 Å². The van der Waals surface area contributed by atoms with Crippen LogP contribution in [0.1, 0.15) is 27.3 Å². The van der Waals surface area contributed by atoms with E-state index in [1.54, 1.807) is 0 Å². The van der Waals surface area contributed by atoms with Crippen LogP contribution in [-0.4, -0.2) is 21.0 Å². The molecule has 1 heterocycles. The molecule has 1 N–H and O–H groups in total. The largest absolute Gasteiger partial charge is 0.476 e. The molecule has 0 saturated carbocycles. The number of carboxylic acid groups (broad SMARTS) is 1. The molecule has 0 atom stereocenters. The maximum Gasteiger partial charge on any atom is 0.357 e. The molecular formula is C13H11FN2O2. The molecule has 18 heavy (non-hydrogen) atoms. The molecule has 0 fully saturated rings. The average molecular weight is 246 g/mol. The van der Waals surface area contributed by atoms with Gasteiger partial charge in [-0.3, -0.25) is 0 Å². The van der Waals surface area contributed by atoms with Gasteiger partial charge in [0.25, 0.3) is 0 Å². The highest BCUT2D eigenvalue weighted by Gasteiger charge is 2.16. The second kappa shape index (κ2) is 4.91. The second-order valence-corrected chi connectivity index (χ2v) is 3.95. The summed E-state index contributed by atoms with van der Waals surface area (Å²) in [6.07, 6.45) is 1.31. The predicted molar refractivity (Wildman–Crippen MR) is 62.9 cm³/mol. The Kier molecular flexibility index (Phi) is 3.32. The Bertz CT molecular complexity index is 582. The minimum atomic E-state index is -1.39. The quantitative estimate of drug-likeness (QED) is 0.901. The van der Waals surface area contributed by atoms with Crippen molar-refractivity contribution in [2.24, 2.45) is 0 Å². The van der Waals surface area contributed by atoms with E-state index < -0.39 is 17.5 Å². The van der Waals surface area contributed by atoms with Crippen LogP contribution in [0, 0.1) is 12.7 Å². The maximum absolute atomic E-state index is 13.8. The number of halogens is 1. The lowest BCUT2D eigenvalue weighted by Gasteiger charge is -2.04. The van der Waals surface area contributed by atoms with Crippen LogP contribution in [0.5, 0.6) is 0 Å². The summed E-state index contributed by atoms with van der Waals surface area (Å²) in [5.41, 5.74) is 1.47. The lowest BCUT2D eigenvalue weighted by Crippen LogP contribution is -2.09. The maximum atomic E-state index is 13.8. The lowest BCUT2D eigenvalue weighted by atomic mass is 10.1. The Morgan fingerprint density at radius 2 is 1.94 bits per heavy atom. The van der Waals surface area contributed by atoms with Crippen LogP contribution >= 0.6 is 0 Å². The fraction of sp³-hybridized carbons (Fsp3) is 0.154. The van der Waals surface area contributed by atoms with Gasteiger partial charge < -0.3 is 5.11 Å². The number of aryl methyl sites for hydroxylation is 1. The first-order valence-corrected chi connectivity index (χ1v) is 5.36. The summed E-state index contributed by atoms with van der Waals surface area (Å²) in [4.78, 5) is 17.9. The molecule has 0 bridgehead atoms. The van der Waals surface area contributed by atoms with E-state index in [9.17, 15) is 9.18 Å². The van der Waals surface area contributed by atoms with Gasteiger partial charge in [-0.2, -0.15) is 0 Å². The number of aromatic carboxylic acids is 1. The van der Waals surface area contributed by atoms with Crippen molar-refractivity contribution in [2.75, 3.05) is 0 Å². The molecule has 2 aromatic rings. The number of benzene rings is 1. The molecule has 4 nitrogen and oxygen atoms in total. The van der Waals surface area contributed by atoms with Gasteiger partial charge in [-0.1, -0.05) is 29.8 Å². The Balaban J connectivity index is 2.32. The highest BCUT2D eigenvalue weighted by Crippen LogP contribution is 2.13. The third-order valence-corrected chi connectivity index (χ3v) is 2.56. The molecule has 0 saturated heterocycles. The summed E-state index contributed by atoms with van der Waals surface area (Å²) in [5.74, 6) is -2.26. The zero-order valence-corrected chi connectivity index (χ0v) is 9.72. The Morgan fingerprint density at radius 1 is 1.28 bits per heavy atom. The van der Waals surface area contributed by atoms with Crippen molar-refractivity contribution in [2.45, 2.75) is 13.3 Å². The number of aromatic nitrogens is 2. The molecule has 92 valence electrons. The van der Waals surface area contributed by atoms with Gasteiger partial charge in [-0.15, -0.1) is 0 Å². The van der Waals surface area contributed by atoms with Crippen LogP contribution in [0.4, 0.5) is 4.39 Å². The molecule has 1 aromatic heterocycles. The summed E-state index contributed by atoms with van der Waals surface area (Å²) in [5, 5.41) is 8.76. The normalized spacial score (nSPS) is 10.3. The van der Waals surface area contributed by atoms with E-state index in [1.807, 2.05) is 31.2 Å². The molecule has 0 amide bonds. The third kappa shape index (κ3) is 2.51. The van der Waals surface area contributed by atoms with E-state index in [-0.39, 0.29) is 12.1 Å². The molecule has 0 aliphatic rings. The van der Waals surface area contributed by atoms with Gasteiger partial charge in [-0.05, 0) is 12.5 Å². The molecular weight excluding hydrogens is 235 g/mol. The number of carbonyl (C=O) groups is 1. The zero-order valence-electron chi connectivity index (χ0n) is 9.72. The molecule has 0 aliphatic heterocycles. The molecule has 1 aromatic carbocycles. The summed E-state index contributed by atoms with van der Waals surface area (Å²) in [7, 11) is 0. The average Bonchev–Trinajstić information content (AvgIpc) is 2.34. The van der Waals surface area contributed by atoms with E-state index in [2.05, 4.69) is 9.97 Å². The predicted octanol–water partition coefficient (Wildman–Crippen LogP) is 2.21. The minimum absolute atomic E-state index is 0.0891. The molecule has 5 heteroatoms. The van der Waals surface area contributed by atoms with Gasteiger partial charge in [0, 0.05) is 6.42 Å². The standard InChI is InChI=1S/C13H11FN2O2/c1-8-2-4-9(5-3-8)6-10-11(14)12(13(17)18)16-7-15-10/h2-5,7H,6H2,1H3,(H,17,18). The summed E-state index contributed by atoms with van der Waals surface area (Å²) < 4.78 is 13.8. The van der Waals surface area contributed by atoms with Crippen molar-refractivity contribution in [3.05, 3.63) is 58.9 Å². The Labute approximate surface area is 103 Å². The van der Waals surface area contributed by atoms with Crippen molar-refractivity contribution in [1.29, 1.82) is 0 Å². The van der Waals surface area contributed by atoms with Gasteiger partial charge in [0.15, 0.2) is 11.5 Å². The molecule has 2 rings (SSSR count). The monoisotopic (exact) mass is 246 g/mol. The Hall–Kier alpha value is -2.30. The number of rotatable bonds is 3. The van der Waals surface area contributed by atoms with Crippen molar-refractivity contribution in [3.63, 3.8) is 0 Å². The highest BCUT2D eigenvalue weighted by molar-refractivity contribution is 5.85. The molecule has 0 aliphatic carbocycles. The molecule has 0 unspecified atom stereocenters. The molecule has 0 spiro atoms. The fourth-order valence-corrected chi connectivity index (χ4v) is 1.58. The Morgan fingerprint density at radius 3 is 2.56 bits per heavy atom. The van der Waals surface area contributed by atoms with Crippen LogP contribution in [0.2, 0.25) is 0 Å². The topological polar surface area (TPSA) is 63.1 Å². The zero-order chi connectivity index (χ0) is 13.1. The van der Waals surface area contributed by atoms with Crippen LogP contribution in [0.3, 0.4) is 0 Å². The first-order valence-electron chi connectivity index (χ1n) is 5.36. The van der Waals surface area contributed by atoms with E-state index >= 15 is 0 Å². The molecule has 0 radical (unpaired) electrons. The highest BCUT2D eigenvalue weighted by atomic mass is 19.1. The second-order valence-electron chi connectivity index (χ2n) is 3.95. The van der Waals surface area contributed by atoms with Crippen molar-refractivity contribution < 1.29 is 14.3 Å². The number of hydrogen-bond acceptors (Lipinski definition) is 3. The van der Waals surface area contributed by atoms with Gasteiger partial charge in [0.2, 0.25) is 0 Å². The van der Waals surface area contributed by atoms with Gasteiger partial charge in [-0.25, -0.2) is 19.2 Å². The minimum Gasteiger partial charge on any atom is -0.476 e. The first kappa shape index (κ1) is 12.2. The third-order valence-electron chi connectivity index (χ3n) is 2.56. The van der Waals surface area contributed by atoms with Gasteiger partial charge >= 0.3 is 5.97 Å². The van der Waals surface area contributed by atoms with E-state index in [0.29, 0.717) is 0 Å². The van der Waals surface area contributed by atoms with E-state index in [1.165, 1.54) is 0 Å². The number of carboxylic acids is 1. The summed E-state index contributed by atoms with van der Waals surface area (Å²) in [6, 6.07) is 7.54. The van der Waals surface area contributed by atoms with Crippen molar-refractivity contribution in [3.8, 4) is 0 Å². The lowest BCUT2D eigenvalue weighted by molar-refractivity contribution is 0.0684. The van der Waals surface area contributed by atoms with Crippen LogP contribution in [-0.2, 0) is 6.42 Å². The summed E-state index contributed by atoms with van der Waals surface area (Å²) >= 11 is 0. The number of nitrogens with zero attached hydrogens (tertiary/aromatic N) is 2. The van der Waals surface area contributed by atoms with E-state index in [0.717, 1.165) is 17.5 Å². The van der Waals surface area contributed by atoms with Gasteiger partial charge in [0.05, 0.1) is 5.69 Å². The smallest absolute Gasteiger partial charge is 0.357 e. The van der Waals surface area contributed by atoms with Crippen LogP contribution in [0.15, 0.2) is 30.6 Å². The van der Waals surface area contributed by atoms with Crippen molar-refractivity contribution in [1.82, 2.24) is 9.97 Å². The van der Waals surface area contributed by atoms with Crippen LogP contribution in [0.25, 0.3) is 0 Å². The first-order chi connectivity index (χ1) is 8.58. The van der Waals surface area contributed by atoms with Gasteiger partial charge in [0.1, 0.15) is 6.33 Å². The number of hydrogen-bond donors (Lipinski definition) is 1.